The van der Waals surface area contributed by atoms with Crippen molar-refractivity contribution in [2.45, 2.75) is 18.8 Å². The molecule has 0 aliphatic carbocycles. The molecule has 2 N–H and O–H groups in total. The van der Waals surface area contributed by atoms with E-state index in [9.17, 15) is 14.0 Å². The highest BCUT2D eigenvalue weighted by molar-refractivity contribution is 5.98. The molecule has 1 aliphatic heterocycles. The van der Waals surface area contributed by atoms with E-state index >= 15 is 0 Å². The average molecular weight is 378 g/mol. The quantitative estimate of drug-likeness (QED) is 0.759. The van der Waals surface area contributed by atoms with Crippen molar-refractivity contribution >= 4 is 22.7 Å². The average Bonchev–Trinajstić information content (AvgIpc) is 2.73. The summed E-state index contributed by atoms with van der Waals surface area (Å²) in [5.74, 6) is -1.19. The van der Waals surface area contributed by atoms with Gasteiger partial charge in [0.1, 0.15) is 5.82 Å². The fourth-order valence-corrected chi connectivity index (χ4v) is 3.73. The molecule has 6 nitrogen and oxygen atoms in total. The summed E-state index contributed by atoms with van der Waals surface area (Å²) in [6, 6.07) is 9.21. The van der Waals surface area contributed by atoms with E-state index in [4.69, 9.17) is 5.73 Å². The van der Waals surface area contributed by atoms with Gasteiger partial charge >= 0.3 is 0 Å². The van der Waals surface area contributed by atoms with Gasteiger partial charge in [0.15, 0.2) is 0 Å². The Bertz CT molecular complexity index is 1050. The van der Waals surface area contributed by atoms with Crippen LogP contribution in [0.25, 0.3) is 10.9 Å². The Balaban J connectivity index is 1.68. The monoisotopic (exact) mass is 378 g/mol. The number of hydrogen-bond acceptors (Lipinski definition) is 4. The van der Waals surface area contributed by atoms with Gasteiger partial charge in [-0.15, -0.1) is 0 Å². The number of aromatic nitrogens is 2. The van der Waals surface area contributed by atoms with Gasteiger partial charge in [-0.2, -0.15) is 0 Å². The maximum Gasteiger partial charge on any atom is 0.253 e. The number of pyridine rings is 2. The number of nitrogens with zero attached hydrogens (tertiary/aromatic N) is 3. The van der Waals surface area contributed by atoms with Crippen LogP contribution in [0.15, 0.2) is 48.8 Å². The van der Waals surface area contributed by atoms with Crippen LogP contribution in [0.5, 0.6) is 0 Å². The molecule has 0 saturated carbocycles. The van der Waals surface area contributed by atoms with Crippen LogP contribution in [-0.2, 0) is 0 Å². The predicted octanol–water partition coefficient (Wildman–Crippen LogP) is 2.89. The van der Waals surface area contributed by atoms with Gasteiger partial charge < -0.3 is 10.6 Å². The van der Waals surface area contributed by atoms with E-state index in [1.165, 1.54) is 12.1 Å². The zero-order valence-corrected chi connectivity index (χ0v) is 15.1. The molecule has 4 rings (SSSR count). The van der Waals surface area contributed by atoms with Gasteiger partial charge in [0.2, 0.25) is 0 Å². The SMILES string of the molecule is NC(=O)c1cc2cc(F)ccc2nc1C1CCCN(C(=O)c2ccncc2)C1. The highest BCUT2D eigenvalue weighted by Crippen LogP contribution is 2.31. The minimum Gasteiger partial charge on any atom is -0.366 e. The number of carbonyl (C=O) groups excluding carboxylic acids is 2. The van der Waals surface area contributed by atoms with Crippen molar-refractivity contribution in [1.82, 2.24) is 14.9 Å². The van der Waals surface area contributed by atoms with Crippen molar-refractivity contribution in [2.75, 3.05) is 13.1 Å². The molecule has 1 saturated heterocycles. The molecule has 2 aromatic heterocycles. The minimum atomic E-state index is -0.605. The van der Waals surface area contributed by atoms with Gasteiger partial charge in [-0.05, 0) is 49.2 Å². The van der Waals surface area contributed by atoms with Crippen LogP contribution in [0.1, 0.15) is 45.2 Å². The Morgan fingerprint density at radius 2 is 1.93 bits per heavy atom. The molecule has 3 aromatic rings. The molecule has 3 heterocycles. The molecule has 0 spiro atoms. The van der Waals surface area contributed by atoms with Crippen molar-refractivity contribution in [1.29, 1.82) is 0 Å². The first-order chi connectivity index (χ1) is 13.5. The number of carbonyl (C=O) groups is 2. The van der Waals surface area contributed by atoms with Crippen molar-refractivity contribution in [2.24, 2.45) is 5.73 Å². The molecule has 28 heavy (non-hydrogen) atoms. The molecule has 0 bridgehead atoms. The minimum absolute atomic E-state index is 0.0735. The Labute approximate surface area is 161 Å². The summed E-state index contributed by atoms with van der Waals surface area (Å²) in [6.07, 6.45) is 4.76. The van der Waals surface area contributed by atoms with E-state index in [0.717, 1.165) is 12.8 Å². The Hall–Kier alpha value is -3.35. The third-order valence-corrected chi connectivity index (χ3v) is 5.09. The standard InChI is InChI=1S/C21H19FN4O2/c22-16-3-4-18-15(10-16)11-17(20(23)27)19(25-18)14-2-1-9-26(12-14)21(28)13-5-7-24-8-6-13/h3-8,10-11,14H,1-2,9,12H2,(H2,23,27). The van der Waals surface area contributed by atoms with E-state index in [1.54, 1.807) is 41.6 Å². The fourth-order valence-electron chi connectivity index (χ4n) is 3.73. The smallest absolute Gasteiger partial charge is 0.253 e. The fraction of sp³-hybridized carbons (Fsp3) is 0.238. The first-order valence-corrected chi connectivity index (χ1v) is 9.12. The van der Waals surface area contributed by atoms with Crippen molar-refractivity contribution < 1.29 is 14.0 Å². The Morgan fingerprint density at radius 1 is 1.14 bits per heavy atom. The summed E-state index contributed by atoms with van der Waals surface area (Å²) in [4.78, 5) is 35.1. The normalized spacial score (nSPS) is 16.9. The van der Waals surface area contributed by atoms with Gasteiger partial charge in [-0.1, -0.05) is 0 Å². The number of primary amides is 1. The van der Waals surface area contributed by atoms with Gasteiger partial charge in [-0.25, -0.2) is 4.39 Å². The number of likely N-dealkylation sites (tertiary alicyclic amines) is 1. The number of halogens is 1. The molecule has 1 aromatic carbocycles. The molecule has 1 aliphatic rings. The summed E-state index contributed by atoms with van der Waals surface area (Å²) in [7, 11) is 0. The lowest BCUT2D eigenvalue weighted by Crippen LogP contribution is -2.39. The van der Waals surface area contributed by atoms with Crippen LogP contribution in [0.3, 0.4) is 0 Å². The number of nitrogens with two attached hydrogens (primary N) is 1. The number of hydrogen-bond donors (Lipinski definition) is 1. The molecule has 7 heteroatoms. The number of rotatable bonds is 3. The summed E-state index contributed by atoms with van der Waals surface area (Å²) < 4.78 is 13.5. The van der Waals surface area contributed by atoms with E-state index in [1.807, 2.05) is 0 Å². The summed E-state index contributed by atoms with van der Waals surface area (Å²) >= 11 is 0. The zero-order valence-electron chi connectivity index (χ0n) is 15.1. The van der Waals surface area contributed by atoms with Crippen molar-refractivity contribution in [3.8, 4) is 0 Å². The molecule has 1 fully saturated rings. The van der Waals surface area contributed by atoms with Gasteiger partial charge in [0.05, 0.1) is 16.8 Å². The second-order valence-electron chi connectivity index (χ2n) is 6.95. The molecular weight excluding hydrogens is 359 g/mol. The highest BCUT2D eigenvalue weighted by atomic mass is 19.1. The third kappa shape index (κ3) is 3.43. The summed E-state index contributed by atoms with van der Waals surface area (Å²) in [5, 5.41) is 0.526. The van der Waals surface area contributed by atoms with Crippen molar-refractivity contribution in [3.05, 3.63) is 71.4 Å². The maximum atomic E-state index is 13.5. The van der Waals surface area contributed by atoms with Crippen LogP contribution in [-0.4, -0.2) is 39.8 Å². The Morgan fingerprint density at radius 3 is 2.68 bits per heavy atom. The second-order valence-corrected chi connectivity index (χ2v) is 6.95. The van der Waals surface area contributed by atoms with E-state index in [0.29, 0.717) is 35.2 Å². The predicted molar refractivity (Wildman–Crippen MR) is 102 cm³/mol. The molecule has 1 atom stereocenters. The van der Waals surface area contributed by atoms with E-state index < -0.39 is 11.7 Å². The molecule has 0 radical (unpaired) electrons. The lowest BCUT2D eigenvalue weighted by Gasteiger charge is -2.33. The van der Waals surface area contributed by atoms with Gasteiger partial charge in [0, 0.05) is 42.4 Å². The van der Waals surface area contributed by atoms with Gasteiger partial charge in [-0.3, -0.25) is 19.6 Å². The van der Waals surface area contributed by atoms with Crippen LogP contribution >= 0.6 is 0 Å². The van der Waals surface area contributed by atoms with Crippen LogP contribution in [0, 0.1) is 5.82 Å². The lowest BCUT2D eigenvalue weighted by molar-refractivity contribution is 0.0705. The lowest BCUT2D eigenvalue weighted by atomic mass is 9.90. The molecule has 142 valence electrons. The van der Waals surface area contributed by atoms with E-state index in [2.05, 4.69) is 9.97 Å². The largest absolute Gasteiger partial charge is 0.366 e. The topological polar surface area (TPSA) is 89.2 Å². The van der Waals surface area contributed by atoms with Crippen LogP contribution < -0.4 is 5.73 Å². The number of piperidine rings is 1. The van der Waals surface area contributed by atoms with Crippen LogP contribution in [0.2, 0.25) is 0 Å². The molecule has 2 amide bonds. The summed E-state index contributed by atoms with van der Waals surface area (Å²) in [5.41, 5.74) is 7.60. The summed E-state index contributed by atoms with van der Waals surface area (Å²) in [6.45, 7) is 1.09. The first kappa shape index (κ1) is 18.0. The number of benzene rings is 1. The number of fused-ring (bicyclic) bond motifs is 1. The Kier molecular flexibility index (Phi) is 4.73. The van der Waals surface area contributed by atoms with Crippen molar-refractivity contribution in [3.63, 3.8) is 0 Å². The highest BCUT2D eigenvalue weighted by Gasteiger charge is 2.29. The van der Waals surface area contributed by atoms with E-state index in [-0.39, 0.29) is 17.4 Å². The molecular formula is C21H19FN4O2. The molecule has 1 unspecified atom stereocenters. The third-order valence-electron chi connectivity index (χ3n) is 5.09. The number of amides is 2. The van der Waals surface area contributed by atoms with Crippen LogP contribution in [0.4, 0.5) is 4.39 Å². The second kappa shape index (κ2) is 7.34. The van der Waals surface area contributed by atoms with Gasteiger partial charge in [0.25, 0.3) is 11.8 Å². The zero-order chi connectivity index (χ0) is 19.7. The first-order valence-electron chi connectivity index (χ1n) is 9.12. The maximum absolute atomic E-state index is 13.5.